The molecule has 1 amide bonds. The minimum absolute atomic E-state index is 0.199. The SMILES string of the molecule is COCCOc1cc2c(cc1C(=O)NC(CO)Cc1c[nH]c3ccccc13)-c1cc(OC)c(OC)cc1CC2. The van der Waals surface area contributed by atoms with Crippen molar-refractivity contribution >= 4 is 16.8 Å². The molecule has 1 aromatic heterocycles. The molecule has 1 atom stereocenters. The van der Waals surface area contributed by atoms with Crippen LogP contribution in [0.1, 0.15) is 27.0 Å². The van der Waals surface area contributed by atoms with Gasteiger partial charge in [-0.2, -0.15) is 0 Å². The quantitative estimate of drug-likeness (QED) is 0.250. The number of carbonyl (C=O) groups excluding carboxylic acids is 1. The molecule has 8 heteroatoms. The zero-order chi connectivity index (χ0) is 27.4. The number of para-hydroxylation sites is 1. The number of rotatable bonds is 11. The number of amides is 1. The number of benzene rings is 3. The highest BCUT2D eigenvalue weighted by molar-refractivity contribution is 5.99. The molecule has 4 aromatic rings. The van der Waals surface area contributed by atoms with Crippen LogP contribution in [0, 0.1) is 0 Å². The van der Waals surface area contributed by atoms with Gasteiger partial charge in [0.1, 0.15) is 12.4 Å². The van der Waals surface area contributed by atoms with E-state index < -0.39 is 6.04 Å². The molecule has 0 spiro atoms. The molecule has 5 rings (SSSR count). The van der Waals surface area contributed by atoms with Gasteiger partial charge in [-0.05, 0) is 77.4 Å². The van der Waals surface area contributed by atoms with Crippen LogP contribution in [0.2, 0.25) is 0 Å². The Labute approximate surface area is 227 Å². The normalized spacial score (nSPS) is 12.9. The second-order valence-electron chi connectivity index (χ2n) is 9.63. The van der Waals surface area contributed by atoms with E-state index in [4.69, 9.17) is 18.9 Å². The summed E-state index contributed by atoms with van der Waals surface area (Å²) in [5.74, 6) is 1.50. The number of ether oxygens (including phenoxy) is 4. The molecule has 0 saturated heterocycles. The van der Waals surface area contributed by atoms with Gasteiger partial charge in [0.25, 0.3) is 5.91 Å². The molecule has 1 unspecified atom stereocenters. The Morgan fingerprint density at radius 2 is 1.64 bits per heavy atom. The maximum Gasteiger partial charge on any atom is 0.255 e. The topological polar surface area (TPSA) is 102 Å². The van der Waals surface area contributed by atoms with E-state index in [1.54, 1.807) is 21.3 Å². The molecule has 0 bridgehead atoms. The average molecular weight is 531 g/mol. The fourth-order valence-electron chi connectivity index (χ4n) is 5.25. The van der Waals surface area contributed by atoms with Crippen molar-refractivity contribution in [2.24, 2.45) is 0 Å². The molecule has 3 aromatic carbocycles. The highest BCUT2D eigenvalue weighted by atomic mass is 16.5. The average Bonchev–Trinajstić information content (AvgIpc) is 3.38. The van der Waals surface area contributed by atoms with Crippen LogP contribution in [0.25, 0.3) is 22.0 Å². The largest absolute Gasteiger partial charge is 0.493 e. The third-order valence-electron chi connectivity index (χ3n) is 7.26. The maximum atomic E-state index is 13.7. The third kappa shape index (κ3) is 5.44. The lowest BCUT2D eigenvalue weighted by molar-refractivity contribution is 0.0909. The van der Waals surface area contributed by atoms with Crippen molar-refractivity contribution in [3.05, 3.63) is 77.0 Å². The summed E-state index contributed by atoms with van der Waals surface area (Å²) in [6, 6.07) is 15.3. The van der Waals surface area contributed by atoms with Crippen molar-refractivity contribution in [1.82, 2.24) is 10.3 Å². The summed E-state index contributed by atoms with van der Waals surface area (Å²) in [6.45, 7) is 0.517. The van der Waals surface area contributed by atoms with E-state index >= 15 is 0 Å². The maximum absolute atomic E-state index is 13.7. The molecule has 1 aliphatic rings. The summed E-state index contributed by atoms with van der Waals surface area (Å²) in [4.78, 5) is 17.0. The van der Waals surface area contributed by atoms with E-state index in [1.807, 2.05) is 54.7 Å². The number of hydrogen-bond acceptors (Lipinski definition) is 6. The minimum Gasteiger partial charge on any atom is -0.493 e. The van der Waals surface area contributed by atoms with Crippen LogP contribution in [0.15, 0.2) is 54.7 Å². The number of aromatic nitrogens is 1. The first-order valence-corrected chi connectivity index (χ1v) is 13.1. The second kappa shape index (κ2) is 11.8. The zero-order valence-electron chi connectivity index (χ0n) is 22.5. The van der Waals surface area contributed by atoms with Gasteiger partial charge in [-0.25, -0.2) is 0 Å². The fourth-order valence-corrected chi connectivity index (χ4v) is 5.25. The molecule has 0 saturated carbocycles. The van der Waals surface area contributed by atoms with E-state index in [-0.39, 0.29) is 12.5 Å². The number of aromatic amines is 1. The molecule has 1 aliphatic carbocycles. The minimum atomic E-state index is -0.476. The second-order valence-corrected chi connectivity index (χ2v) is 9.63. The molecular weight excluding hydrogens is 496 g/mol. The molecule has 39 heavy (non-hydrogen) atoms. The fraction of sp³-hybridized carbons (Fsp3) is 0.323. The summed E-state index contributed by atoms with van der Waals surface area (Å²) >= 11 is 0. The van der Waals surface area contributed by atoms with Crippen molar-refractivity contribution in [2.45, 2.75) is 25.3 Å². The summed E-state index contributed by atoms with van der Waals surface area (Å²) < 4.78 is 22.2. The van der Waals surface area contributed by atoms with E-state index in [1.165, 1.54) is 0 Å². The van der Waals surface area contributed by atoms with Crippen molar-refractivity contribution in [3.8, 4) is 28.4 Å². The van der Waals surface area contributed by atoms with E-state index in [9.17, 15) is 9.90 Å². The highest BCUT2D eigenvalue weighted by Gasteiger charge is 2.25. The Kier molecular flexibility index (Phi) is 8.05. The molecule has 0 radical (unpaired) electrons. The first-order valence-electron chi connectivity index (χ1n) is 13.1. The number of aliphatic hydroxyl groups excluding tert-OH is 1. The zero-order valence-corrected chi connectivity index (χ0v) is 22.5. The number of aryl methyl sites for hydroxylation is 2. The van der Waals surface area contributed by atoms with E-state index in [0.717, 1.165) is 51.6 Å². The number of carbonyl (C=O) groups is 1. The Morgan fingerprint density at radius 1 is 0.949 bits per heavy atom. The van der Waals surface area contributed by atoms with Gasteiger partial charge in [0, 0.05) is 24.2 Å². The van der Waals surface area contributed by atoms with Crippen molar-refractivity contribution in [3.63, 3.8) is 0 Å². The van der Waals surface area contributed by atoms with Crippen LogP contribution >= 0.6 is 0 Å². The molecule has 0 aliphatic heterocycles. The summed E-state index contributed by atoms with van der Waals surface area (Å²) in [7, 11) is 4.85. The van der Waals surface area contributed by atoms with Crippen LogP contribution in [-0.2, 0) is 24.0 Å². The molecule has 0 fully saturated rings. The smallest absolute Gasteiger partial charge is 0.255 e. The molecule has 1 heterocycles. The summed E-state index contributed by atoms with van der Waals surface area (Å²) in [5, 5.41) is 14.3. The number of fused-ring (bicyclic) bond motifs is 4. The van der Waals surface area contributed by atoms with Crippen molar-refractivity contribution in [2.75, 3.05) is 41.2 Å². The predicted molar refractivity (Wildman–Crippen MR) is 150 cm³/mol. The van der Waals surface area contributed by atoms with E-state index in [0.29, 0.717) is 42.4 Å². The van der Waals surface area contributed by atoms with Gasteiger partial charge in [-0.3, -0.25) is 4.79 Å². The van der Waals surface area contributed by atoms with Gasteiger partial charge in [0.15, 0.2) is 11.5 Å². The molecular formula is C31H34N2O6. The van der Waals surface area contributed by atoms with Crippen molar-refractivity contribution < 1.29 is 28.8 Å². The standard InChI is InChI=1S/C31H34N2O6/c1-36-10-11-39-28-13-19-8-9-20-14-29(37-2)30(38-3)16-25(20)24(19)15-26(28)31(35)33-22(18-34)12-21-17-32-27-7-5-4-6-23(21)27/h4-7,13-17,22,32,34H,8-12,18H2,1-3H3,(H,33,35). The lowest BCUT2D eigenvalue weighted by atomic mass is 9.84. The highest BCUT2D eigenvalue weighted by Crippen LogP contribution is 2.42. The van der Waals surface area contributed by atoms with Crippen LogP contribution < -0.4 is 19.5 Å². The van der Waals surface area contributed by atoms with Crippen LogP contribution in [0.5, 0.6) is 17.2 Å². The van der Waals surface area contributed by atoms with Crippen LogP contribution in [0.4, 0.5) is 0 Å². The first kappa shape index (κ1) is 26.6. The Bertz CT molecular complexity index is 1480. The van der Waals surface area contributed by atoms with Gasteiger partial charge in [0.2, 0.25) is 0 Å². The third-order valence-corrected chi connectivity index (χ3v) is 7.26. The molecule has 204 valence electrons. The predicted octanol–water partition coefficient (Wildman–Crippen LogP) is 4.31. The number of nitrogens with one attached hydrogen (secondary N) is 2. The van der Waals surface area contributed by atoms with Gasteiger partial charge < -0.3 is 34.4 Å². The number of hydrogen-bond donors (Lipinski definition) is 3. The van der Waals surface area contributed by atoms with Gasteiger partial charge in [-0.15, -0.1) is 0 Å². The number of methoxy groups -OCH3 is 3. The van der Waals surface area contributed by atoms with E-state index in [2.05, 4.69) is 10.3 Å². The van der Waals surface area contributed by atoms with Crippen LogP contribution in [-0.4, -0.2) is 63.2 Å². The Balaban J connectivity index is 1.48. The monoisotopic (exact) mass is 530 g/mol. The first-order chi connectivity index (χ1) is 19.1. The number of H-pyrrole nitrogens is 1. The van der Waals surface area contributed by atoms with Crippen molar-refractivity contribution in [1.29, 1.82) is 0 Å². The van der Waals surface area contributed by atoms with Gasteiger partial charge in [0.05, 0.1) is 39.0 Å². The van der Waals surface area contributed by atoms with Gasteiger partial charge >= 0.3 is 0 Å². The van der Waals surface area contributed by atoms with Gasteiger partial charge in [-0.1, -0.05) is 18.2 Å². The summed E-state index contributed by atoms with van der Waals surface area (Å²) in [6.07, 6.45) is 4.05. The lowest BCUT2D eigenvalue weighted by Crippen LogP contribution is -2.39. The lowest BCUT2D eigenvalue weighted by Gasteiger charge is -2.24. The Morgan fingerprint density at radius 3 is 2.36 bits per heavy atom. The van der Waals surface area contributed by atoms with Crippen LogP contribution in [0.3, 0.4) is 0 Å². The Hall–Kier alpha value is -4.01. The number of aliphatic hydroxyl groups is 1. The summed E-state index contributed by atoms with van der Waals surface area (Å²) in [5.41, 5.74) is 6.64. The molecule has 8 nitrogen and oxygen atoms in total. The molecule has 3 N–H and O–H groups in total.